The Morgan fingerprint density at radius 1 is 1.09 bits per heavy atom. The van der Waals surface area contributed by atoms with Crippen LogP contribution in [0.5, 0.6) is 0 Å². The van der Waals surface area contributed by atoms with Crippen LogP contribution in [0.1, 0.15) is 28.8 Å². The van der Waals surface area contributed by atoms with Gasteiger partial charge in [0.2, 0.25) is 0 Å². The number of likely N-dealkylation sites (tertiary alicyclic amines) is 1. The number of nitrogens with zero attached hydrogens (tertiary/aromatic N) is 2. The van der Waals surface area contributed by atoms with Crippen molar-refractivity contribution < 1.29 is 9.53 Å². The van der Waals surface area contributed by atoms with Crippen LogP contribution in [0.2, 0.25) is 5.02 Å². The Morgan fingerprint density at radius 3 is 2.69 bits per heavy atom. The third-order valence-electron chi connectivity index (χ3n) is 6.53. The molecule has 1 unspecified atom stereocenters. The number of fused-ring (bicyclic) bond motifs is 3. The van der Waals surface area contributed by atoms with Gasteiger partial charge in [-0.2, -0.15) is 0 Å². The van der Waals surface area contributed by atoms with Crippen molar-refractivity contribution in [1.29, 1.82) is 0 Å². The van der Waals surface area contributed by atoms with E-state index in [9.17, 15) is 9.59 Å². The molecule has 0 spiro atoms. The Kier molecular flexibility index (Phi) is 5.62. The molecule has 2 aliphatic rings. The van der Waals surface area contributed by atoms with E-state index in [1.807, 2.05) is 53.4 Å². The molecule has 1 aromatic heterocycles. The minimum Gasteiger partial charge on any atom is -0.383 e. The van der Waals surface area contributed by atoms with Crippen molar-refractivity contribution in [2.24, 2.45) is 0 Å². The van der Waals surface area contributed by atoms with Gasteiger partial charge in [-0.3, -0.25) is 9.59 Å². The van der Waals surface area contributed by atoms with Crippen LogP contribution in [0.15, 0.2) is 59.4 Å². The minimum absolute atomic E-state index is 0.0441. The molecule has 2 aromatic carbocycles. The molecule has 32 heavy (non-hydrogen) atoms. The van der Waals surface area contributed by atoms with Crippen molar-refractivity contribution in [2.75, 3.05) is 20.3 Å². The molecule has 3 aromatic rings. The Balaban J connectivity index is 1.75. The number of hydrogen-bond acceptors (Lipinski definition) is 3. The Hall–Kier alpha value is -2.89. The van der Waals surface area contributed by atoms with Gasteiger partial charge in [0.1, 0.15) is 0 Å². The van der Waals surface area contributed by atoms with Gasteiger partial charge >= 0.3 is 0 Å². The molecule has 1 saturated heterocycles. The topological polar surface area (TPSA) is 51.5 Å². The number of rotatable bonds is 4. The van der Waals surface area contributed by atoms with E-state index in [1.54, 1.807) is 17.7 Å². The number of aromatic nitrogens is 1. The Morgan fingerprint density at radius 2 is 1.91 bits per heavy atom. The van der Waals surface area contributed by atoms with Gasteiger partial charge in [0.05, 0.1) is 23.9 Å². The van der Waals surface area contributed by atoms with Crippen molar-refractivity contribution in [3.63, 3.8) is 0 Å². The van der Waals surface area contributed by atoms with Gasteiger partial charge in [-0.15, -0.1) is 0 Å². The third kappa shape index (κ3) is 3.55. The molecule has 1 fully saturated rings. The number of carbonyl (C=O) groups is 1. The monoisotopic (exact) mass is 448 g/mol. The van der Waals surface area contributed by atoms with Crippen molar-refractivity contribution >= 4 is 17.5 Å². The molecule has 5 nitrogen and oxygen atoms in total. The van der Waals surface area contributed by atoms with Crippen LogP contribution < -0.4 is 5.56 Å². The Labute approximate surface area is 192 Å². The van der Waals surface area contributed by atoms with E-state index in [2.05, 4.69) is 0 Å². The zero-order valence-electron chi connectivity index (χ0n) is 18.0. The summed E-state index contributed by atoms with van der Waals surface area (Å²) < 4.78 is 7.13. The quantitative estimate of drug-likeness (QED) is 0.584. The first-order chi connectivity index (χ1) is 15.6. The average molecular weight is 449 g/mol. The maximum atomic E-state index is 13.9. The van der Waals surface area contributed by atoms with E-state index in [4.69, 9.17) is 16.3 Å². The molecular weight excluding hydrogens is 424 g/mol. The predicted octanol–water partition coefficient (Wildman–Crippen LogP) is 4.64. The predicted molar refractivity (Wildman–Crippen MR) is 126 cm³/mol. The van der Waals surface area contributed by atoms with Crippen molar-refractivity contribution in [1.82, 2.24) is 9.47 Å². The number of benzene rings is 2. The van der Waals surface area contributed by atoms with Crippen LogP contribution in [0.4, 0.5) is 0 Å². The van der Waals surface area contributed by atoms with Crippen LogP contribution in [-0.4, -0.2) is 41.7 Å². The van der Waals surface area contributed by atoms with E-state index in [1.165, 1.54) is 0 Å². The lowest BCUT2D eigenvalue weighted by atomic mass is 9.92. The highest BCUT2D eigenvalue weighted by atomic mass is 35.5. The summed E-state index contributed by atoms with van der Waals surface area (Å²) in [6.07, 6.45) is 2.59. The van der Waals surface area contributed by atoms with Gasteiger partial charge in [0, 0.05) is 36.3 Å². The first-order valence-corrected chi connectivity index (χ1v) is 11.4. The summed E-state index contributed by atoms with van der Waals surface area (Å²) in [5.41, 5.74) is 4.47. The zero-order chi connectivity index (χ0) is 22.2. The van der Waals surface area contributed by atoms with Gasteiger partial charge in [0.15, 0.2) is 0 Å². The number of amides is 1. The molecule has 0 N–H and O–H groups in total. The number of aryl methyl sites for hydroxylation is 1. The molecular formula is C26H25ClN2O3. The van der Waals surface area contributed by atoms with Gasteiger partial charge < -0.3 is 14.2 Å². The van der Waals surface area contributed by atoms with E-state index >= 15 is 0 Å². The molecule has 6 heteroatoms. The highest BCUT2D eigenvalue weighted by Gasteiger charge is 2.33. The summed E-state index contributed by atoms with van der Waals surface area (Å²) in [4.78, 5) is 29.4. The highest BCUT2D eigenvalue weighted by molar-refractivity contribution is 6.31. The highest BCUT2D eigenvalue weighted by Crippen LogP contribution is 2.36. The van der Waals surface area contributed by atoms with Gasteiger partial charge in [-0.25, -0.2) is 0 Å². The largest absolute Gasteiger partial charge is 0.383 e. The lowest BCUT2D eigenvalue weighted by molar-refractivity contribution is 0.0630. The molecule has 164 valence electrons. The second-order valence-electron chi connectivity index (χ2n) is 8.44. The van der Waals surface area contributed by atoms with E-state index in [0.717, 1.165) is 36.0 Å². The third-order valence-corrected chi connectivity index (χ3v) is 6.77. The molecule has 0 bridgehead atoms. The van der Waals surface area contributed by atoms with Crippen LogP contribution in [0.3, 0.4) is 0 Å². The number of ether oxygens (including phenoxy) is 1. The summed E-state index contributed by atoms with van der Waals surface area (Å²) in [5, 5.41) is 0.591. The van der Waals surface area contributed by atoms with E-state index in [-0.39, 0.29) is 17.5 Å². The van der Waals surface area contributed by atoms with Gasteiger partial charge in [-0.05, 0) is 48.6 Å². The Bertz CT molecular complexity index is 1240. The van der Waals surface area contributed by atoms with E-state index < -0.39 is 0 Å². The average Bonchev–Trinajstić information content (AvgIpc) is 3.28. The smallest absolute Gasteiger partial charge is 0.258 e. The van der Waals surface area contributed by atoms with Crippen LogP contribution in [-0.2, 0) is 17.7 Å². The molecule has 0 aliphatic carbocycles. The number of halogens is 1. The van der Waals surface area contributed by atoms with Crippen LogP contribution >= 0.6 is 11.6 Å². The molecule has 0 saturated carbocycles. The maximum absolute atomic E-state index is 13.9. The van der Waals surface area contributed by atoms with Crippen molar-refractivity contribution in [2.45, 2.75) is 31.8 Å². The molecule has 0 radical (unpaired) electrons. The summed E-state index contributed by atoms with van der Waals surface area (Å²) in [6, 6.07) is 17.1. The number of pyridine rings is 1. The van der Waals surface area contributed by atoms with E-state index in [0.29, 0.717) is 41.5 Å². The fourth-order valence-electron chi connectivity index (χ4n) is 5.00. The first-order valence-electron chi connectivity index (χ1n) is 11.0. The summed E-state index contributed by atoms with van der Waals surface area (Å²) in [6.45, 7) is 1.73. The standard InChI is InChI=1S/C26H25ClN2O3/c1-32-16-20-8-5-12-28(20)26(31)23-15-22(17-6-3-2-4-7-17)25(30)29-13-11-18-9-10-19(27)14-21(18)24(23)29/h2-4,6-7,9-10,14-15,20H,5,8,11-13,16H2,1H3. The molecule has 1 atom stereocenters. The fourth-order valence-corrected chi connectivity index (χ4v) is 5.17. The lowest BCUT2D eigenvalue weighted by Crippen LogP contribution is -2.40. The van der Waals surface area contributed by atoms with Gasteiger partial charge in [-0.1, -0.05) is 48.0 Å². The second-order valence-corrected chi connectivity index (χ2v) is 8.88. The summed E-state index contributed by atoms with van der Waals surface area (Å²) >= 11 is 6.33. The normalized spacial score (nSPS) is 17.2. The summed E-state index contributed by atoms with van der Waals surface area (Å²) in [5.74, 6) is -0.0571. The van der Waals surface area contributed by atoms with Gasteiger partial charge in [0.25, 0.3) is 11.5 Å². The summed E-state index contributed by atoms with van der Waals surface area (Å²) in [7, 11) is 1.66. The second kappa shape index (κ2) is 8.57. The maximum Gasteiger partial charge on any atom is 0.258 e. The zero-order valence-corrected chi connectivity index (χ0v) is 18.8. The van der Waals surface area contributed by atoms with Crippen molar-refractivity contribution in [3.8, 4) is 22.4 Å². The van der Waals surface area contributed by atoms with Crippen molar-refractivity contribution in [3.05, 3.63) is 81.1 Å². The SMILES string of the molecule is COCC1CCCN1C(=O)c1cc(-c2ccccc2)c(=O)n2c1-c1cc(Cl)ccc1CC2. The number of methoxy groups -OCH3 is 1. The fraction of sp³-hybridized carbons (Fsp3) is 0.308. The number of hydrogen-bond donors (Lipinski definition) is 0. The molecule has 5 rings (SSSR count). The molecule has 1 amide bonds. The number of carbonyl (C=O) groups excluding carboxylic acids is 1. The minimum atomic E-state index is -0.0803. The molecule has 2 aliphatic heterocycles. The molecule has 3 heterocycles. The first kappa shape index (κ1) is 21.0. The van der Waals surface area contributed by atoms with Crippen LogP contribution in [0, 0.1) is 0 Å². The lowest BCUT2D eigenvalue weighted by Gasteiger charge is -2.29. The van der Waals surface area contributed by atoms with Crippen LogP contribution in [0.25, 0.3) is 22.4 Å².